The van der Waals surface area contributed by atoms with E-state index < -0.39 is 0 Å². The number of ether oxygens (including phenoxy) is 2. The van der Waals surface area contributed by atoms with Crippen LogP contribution in [0.25, 0.3) is 0 Å². The van der Waals surface area contributed by atoms with Crippen molar-refractivity contribution in [3.63, 3.8) is 0 Å². The zero-order valence-electron chi connectivity index (χ0n) is 8.93. The Morgan fingerprint density at radius 2 is 2.23 bits per heavy atom. The number of rotatable bonds is 3. The molecule has 13 heavy (non-hydrogen) atoms. The van der Waals surface area contributed by atoms with Crippen molar-refractivity contribution < 1.29 is 9.47 Å². The van der Waals surface area contributed by atoms with Crippen LogP contribution < -0.4 is 0 Å². The molecule has 1 aliphatic carbocycles. The third kappa shape index (κ3) is 1.02. The van der Waals surface area contributed by atoms with E-state index in [1.165, 1.54) is 12.8 Å². The highest BCUT2D eigenvalue weighted by molar-refractivity contribution is 5.13. The summed E-state index contributed by atoms with van der Waals surface area (Å²) in [6.45, 7) is 8.21. The first-order chi connectivity index (χ1) is 6.18. The van der Waals surface area contributed by atoms with Crippen LogP contribution in [-0.4, -0.2) is 24.4 Å². The van der Waals surface area contributed by atoms with Crippen LogP contribution in [0.5, 0.6) is 0 Å². The van der Waals surface area contributed by atoms with Gasteiger partial charge in [0, 0.05) is 12.5 Å². The zero-order chi connectivity index (χ0) is 9.53. The van der Waals surface area contributed by atoms with Crippen LogP contribution in [-0.2, 0) is 9.47 Å². The van der Waals surface area contributed by atoms with Gasteiger partial charge in [-0.25, -0.2) is 0 Å². The van der Waals surface area contributed by atoms with Crippen LogP contribution >= 0.6 is 0 Å². The summed E-state index contributed by atoms with van der Waals surface area (Å²) in [5.41, 5.74) is 0.0441. The molecule has 76 valence electrons. The van der Waals surface area contributed by atoms with Crippen LogP contribution in [0.15, 0.2) is 0 Å². The molecule has 2 rings (SSSR count). The van der Waals surface area contributed by atoms with Crippen molar-refractivity contribution in [3.8, 4) is 0 Å². The van der Waals surface area contributed by atoms with Gasteiger partial charge in [-0.2, -0.15) is 0 Å². The summed E-state index contributed by atoms with van der Waals surface area (Å²) in [7, 11) is 0. The molecule has 0 radical (unpaired) electrons. The van der Waals surface area contributed by atoms with Gasteiger partial charge >= 0.3 is 0 Å². The predicted molar refractivity (Wildman–Crippen MR) is 51.7 cm³/mol. The minimum atomic E-state index is -0.0219. The third-order valence-electron chi connectivity index (χ3n) is 4.10. The van der Waals surface area contributed by atoms with Gasteiger partial charge in [0.15, 0.2) is 0 Å². The average molecular weight is 184 g/mol. The molecule has 2 heteroatoms. The van der Waals surface area contributed by atoms with E-state index in [-0.39, 0.29) is 11.2 Å². The Balaban J connectivity index is 2.21. The molecule has 0 spiro atoms. The maximum absolute atomic E-state index is 5.97. The minimum Gasteiger partial charge on any atom is -0.372 e. The van der Waals surface area contributed by atoms with Crippen LogP contribution in [0.1, 0.15) is 40.0 Å². The fourth-order valence-corrected chi connectivity index (χ4v) is 2.93. The number of hydrogen-bond donors (Lipinski definition) is 0. The summed E-state index contributed by atoms with van der Waals surface area (Å²) >= 11 is 0. The van der Waals surface area contributed by atoms with E-state index in [9.17, 15) is 0 Å². The van der Waals surface area contributed by atoms with E-state index in [1.54, 1.807) is 0 Å². The van der Waals surface area contributed by atoms with Crippen LogP contribution in [0.3, 0.4) is 0 Å². The molecule has 0 aromatic heterocycles. The van der Waals surface area contributed by atoms with Crippen molar-refractivity contribution >= 4 is 0 Å². The van der Waals surface area contributed by atoms with Crippen molar-refractivity contribution in [1.29, 1.82) is 0 Å². The van der Waals surface area contributed by atoms with E-state index in [1.807, 2.05) is 0 Å². The maximum Gasteiger partial charge on any atom is 0.102 e. The number of fused-ring (bicyclic) bond motifs is 1. The quantitative estimate of drug-likeness (QED) is 0.670. The van der Waals surface area contributed by atoms with E-state index in [0.717, 1.165) is 19.6 Å². The Hall–Kier alpha value is -0.0800. The SMILES string of the molecule is CCO[C@]12CC[C@H]1CO[C@]2(C)CC. The summed E-state index contributed by atoms with van der Waals surface area (Å²) < 4.78 is 11.9. The van der Waals surface area contributed by atoms with Crippen molar-refractivity contribution in [3.05, 3.63) is 0 Å². The molecule has 0 aromatic carbocycles. The van der Waals surface area contributed by atoms with Crippen molar-refractivity contribution in [1.82, 2.24) is 0 Å². The summed E-state index contributed by atoms with van der Waals surface area (Å²) in [5.74, 6) is 0.664. The summed E-state index contributed by atoms with van der Waals surface area (Å²) in [6.07, 6.45) is 3.54. The predicted octanol–water partition coefficient (Wildman–Crippen LogP) is 2.37. The van der Waals surface area contributed by atoms with E-state index in [2.05, 4.69) is 20.8 Å². The van der Waals surface area contributed by atoms with Gasteiger partial charge in [-0.1, -0.05) is 6.92 Å². The number of hydrogen-bond acceptors (Lipinski definition) is 2. The molecule has 1 heterocycles. The standard InChI is InChI=1S/C11H20O2/c1-4-10(3)11(12-5-2)7-6-9(11)8-13-10/h9H,4-8H2,1-3H3/t9-,10+,11+/m0/s1. The Morgan fingerprint density at radius 1 is 1.46 bits per heavy atom. The molecule has 2 fully saturated rings. The minimum absolute atomic E-state index is 0.0219. The lowest BCUT2D eigenvalue weighted by molar-refractivity contribution is -0.190. The van der Waals surface area contributed by atoms with E-state index >= 15 is 0 Å². The highest BCUT2D eigenvalue weighted by Gasteiger charge is 2.64. The monoisotopic (exact) mass is 184 g/mol. The lowest BCUT2D eigenvalue weighted by Crippen LogP contribution is -2.59. The molecule has 1 saturated carbocycles. The van der Waals surface area contributed by atoms with Crippen molar-refractivity contribution in [2.24, 2.45) is 5.92 Å². The van der Waals surface area contributed by atoms with E-state index in [4.69, 9.17) is 9.47 Å². The van der Waals surface area contributed by atoms with Gasteiger partial charge in [-0.3, -0.25) is 0 Å². The fraction of sp³-hybridized carbons (Fsp3) is 1.00. The highest BCUT2D eigenvalue weighted by atomic mass is 16.6. The Kier molecular flexibility index (Phi) is 2.16. The highest BCUT2D eigenvalue weighted by Crippen LogP contribution is 2.56. The summed E-state index contributed by atoms with van der Waals surface area (Å²) in [6, 6.07) is 0. The second-order valence-corrected chi connectivity index (χ2v) is 4.45. The average Bonchev–Trinajstić information content (AvgIpc) is 2.28. The largest absolute Gasteiger partial charge is 0.372 e. The van der Waals surface area contributed by atoms with Crippen LogP contribution in [0, 0.1) is 5.92 Å². The van der Waals surface area contributed by atoms with Crippen LogP contribution in [0.2, 0.25) is 0 Å². The van der Waals surface area contributed by atoms with Gasteiger partial charge in [0.2, 0.25) is 0 Å². The molecule has 1 aliphatic heterocycles. The smallest absolute Gasteiger partial charge is 0.102 e. The molecule has 1 saturated heterocycles. The molecule has 0 N–H and O–H groups in total. The molecule has 0 aromatic rings. The maximum atomic E-state index is 5.97. The Morgan fingerprint density at radius 3 is 2.69 bits per heavy atom. The van der Waals surface area contributed by atoms with Crippen molar-refractivity contribution in [2.45, 2.75) is 51.2 Å². The first-order valence-electron chi connectivity index (χ1n) is 5.46. The van der Waals surface area contributed by atoms with Gasteiger partial charge in [-0.15, -0.1) is 0 Å². The molecule has 2 nitrogen and oxygen atoms in total. The Labute approximate surface area is 80.6 Å². The second kappa shape index (κ2) is 2.96. The van der Waals surface area contributed by atoms with Gasteiger partial charge in [0.1, 0.15) is 5.60 Å². The molecule has 3 atom stereocenters. The molecule has 0 unspecified atom stereocenters. The summed E-state index contributed by atoms with van der Waals surface area (Å²) in [4.78, 5) is 0. The fourth-order valence-electron chi connectivity index (χ4n) is 2.93. The first kappa shape index (κ1) is 9.47. The zero-order valence-corrected chi connectivity index (χ0v) is 8.93. The molecule has 2 aliphatic rings. The third-order valence-corrected chi connectivity index (χ3v) is 4.10. The van der Waals surface area contributed by atoms with Gasteiger partial charge < -0.3 is 9.47 Å². The van der Waals surface area contributed by atoms with E-state index in [0.29, 0.717) is 5.92 Å². The summed E-state index contributed by atoms with van der Waals surface area (Å²) in [5, 5.41) is 0. The molecular weight excluding hydrogens is 164 g/mol. The lowest BCUT2D eigenvalue weighted by atomic mass is 9.62. The van der Waals surface area contributed by atoms with Crippen LogP contribution in [0.4, 0.5) is 0 Å². The first-order valence-corrected chi connectivity index (χ1v) is 5.46. The molecule has 0 amide bonds. The van der Waals surface area contributed by atoms with Crippen molar-refractivity contribution in [2.75, 3.05) is 13.2 Å². The van der Waals surface area contributed by atoms with Gasteiger partial charge in [0.25, 0.3) is 0 Å². The lowest BCUT2D eigenvalue weighted by Gasteiger charge is -2.51. The van der Waals surface area contributed by atoms with Gasteiger partial charge in [-0.05, 0) is 33.1 Å². The topological polar surface area (TPSA) is 18.5 Å². The second-order valence-electron chi connectivity index (χ2n) is 4.45. The molecular formula is C11H20O2. The normalized spacial score (nSPS) is 48.7. The molecule has 0 bridgehead atoms. The Bertz CT molecular complexity index is 204. The van der Waals surface area contributed by atoms with Gasteiger partial charge in [0.05, 0.1) is 12.2 Å².